The minimum absolute atomic E-state index is 0.0178. The van der Waals surface area contributed by atoms with Crippen LogP contribution in [0, 0.1) is 6.92 Å². The molecule has 1 aliphatic heterocycles. The van der Waals surface area contributed by atoms with Crippen molar-refractivity contribution in [1.29, 1.82) is 0 Å². The van der Waals surface area contributed by atoms with Crippen LogP contribution >= 0.6 is 0 Å². The van der Waals surface area contributed by atoms with Gasteiger partial charge in [0.25, 0.3) is 0 Å². The van der Waals surface area contributed by atoms with E-state index in [-0.39, 0.29) is 11.9 Å². The molecule has 1 N–H and O–H groups in total. The van der Waals surface area contributed by atoms with E-state index >= 15 is 0 Å². The first-order valence-electron chi connectivity index (χ1n) is 5.02. The number of hydrogen-bond donors (Lipinski definition) is 1. The quantitative estimate of drug-likeness (QED) is 0.781. The molecule has 4 heteroatoms. The number of amides is 1. The average Bonchev–Trinajstić information content (AvgIpc) is 2.60. The number of aliphatic imine (C=N–C) groups is 1. The Kier molecular flexibility index (Phi) is 2.49. The Morgan fingerprint density at radius 2 is 2.33 bits per heavy atom. The van der Waals surface area contributed by atoms with Crippen LogP contribution < -0.4 is 5.32 Å². The third-order valence-corrected chi connectivity index (χ3v) is 2.51. The van der Waals surface area contributed by atoms with Crippen LogP contribution in [0.15, 0.2) is 23.5 Å². The lowest BCUT2D eigenvalue weighted by atomic mass is 10.1. The highest BCUT2D eigenvalue weighted by Crippen LogP contribution is 2.12. The molecule has 78 valence electrons. The van der Waals surface area contributed by atoms with Crippen molar-refractivity contribution in [3.63, 3.8) is 0 Å². The molecule has 2 heterocycles. The van der Waals surface area contributed by atoms with Crippen LogP contribution in [0.4, 0.5) is 0 Å². The van der Waals surface area contributed by atoms with E-state index in [2.05, 4.69) is 15.3 Å². The molecule has 0 radical (unpaired) electrons. The SMILES string of the molecule is CCC1N=C(c2cnccc2C)NC1=O. The van der Waals surface area contributed by atoms with E-state index in [9.17, 15) is 4.79 Å². The molecule has 1 unspecified atom stereocenters. The highest BCUT2D eigenvalue weighted by molar-refractivity contribution is 6.14. The number of amidine groups is 1. The molecule has 0 bridgehead atoms. The Labute approximate surface area is 88.4 Å². The smallest absolute Gasteiger partial charge is 0.250 e. The number of carbonyl (C=O) groups excluding carboxylic acids is 1. The molecule has 0 saturated carbocycles. The Hall–Kier alpha value is -1.71. The molecule has 1 aromatic heterocycles. The van der Waals surface area contributed by atoms with Crippen LogP contribution in [0.1, 0.15) is 24.5 Å². The molecule has 0 saturated heterocycles. The zero-order chi connectivity index (χ0) is 10.8. The van der Waals surface area contributed by atoms with Gasteiger partial charge >= 0.3 is 0 Å². The molecule has 1 aromatic rings. The summed E-state index contributed by atoms with van der Waals surface area (Å²) in [6.07, 6.45) is 4.19. The van der Waals surface area contributed by atoms with E-state index < -0.39 is 0 Å². The zero-order valence-electron chi connectivity index (χ0n) is 8.82. The van der Waals surface area contributed by atoms with Crippen molar-refractivity contribution >= 4 is 11.7 Å². The number of nitrogens with zero attached hydrogens (tertiary/aromatic N) is 2. The van der Waals surface area contributed by atoms with E-state index in [1.807, 2.05) is 19.9 Å². The monoisotopic (exact) mass is 203 g/mol. The lowest BCUT2D eigenvalue weighted by molar-refractivity contribution is -0.120. The first-order valence-corrected chi connectivity index (χ1v) is 5.02. The van der Waals surface area contributed by atoms with Crippen LogP contribution in [0.25, 0.3) is 0 Å². The second kappa shape index (κ2) is 3.81. The molecule has 1 atom stereocenters. The van der Waals surface area contributed by atoms with E-state index in [1.54, 1.807) is 12.4 Å². The van der Waals surface area contributed by atoms with Gasteiger partial charge < -0.3 is 5.32 Å². The molecule has 0 fully saturated rings. The second-order valence-corrected chi connectivity index (χ2v) is 3.58. The van der Waals surface area contributed by atoms with E-state index in [0.29, 0.717) is 5.84 Å². The third-order valence-electron chi connectivity index (χ3n) is 2.51. The molecule has 1 aliphatic rings. The second-order valence-electron chi connectivity index (χ2n) is 3.58. The first-order chi connectivity index (χ1) is 7.22. The zero-order valence-corrected chi connectivity index (χ0v) is 8.82. The van der Waals surface area contributed by atoms with Crippen molar-refractivity contribution in [2.24, 2.45) is 4.99 Å². The van der Waals surface area contributed by atoms with Gasteiger partial charge in [-0.3, -0.25) is 14.8 Å². The minimum atomic E-state index is -0.236. The van der Waals surface area contributed by atoms with Gasteiger partial charge in [-0.2, -0.15) is 0 Å². The first kappa shape index (κ1) is 9.83. The summed E-state index contributed by atoms with van der Waals surface area (Å²) in [6.45, 7) is 3.93. The minimum Gasteiger partial charge on any atom is -0.309 e. The van der Waals surface area contributed by atoms with Gasteiger partial charge in [-0.15, -0.1) is 0 Å². The Morgan fingerprint density at radius 1 is 1.53 bits per heavy atom. The summed E-state index contributed by atoms with van der Waals surface area (Å²) in [5.74, 6) is 0.633. The molecule has 4 nitrogen and oxygen atoms in total. The van der Waals surface area contributed by atoms with Gasteiger partial charge in [-0.05, 0) is 25.0 Å². The molecule has 15 heavy (non-hydrogen) atoms. The largest absolute Gasteiger partial charge is 0.309 e. The van der Waals surface area contributed by atoms with Crippen molar-refractivity contribution in [3.8, 4) is 0 Å². The fourth-order valence-electron chi connectivity index (χ4n) is 1.57. The van der Waals surface area contributed by atoms with Crippen LogP contribution in [0.3, 0.4) is 0 Å². The molecule has 0 aromatic carbocycles. The van der Waals surface area contributed by atoms with Gasteiger partial charge in [0.05, 0.1) is 0 Å². The Morgan fingerprint density at radius 3 is 2.93 bits per heavy atom. The maximum absolute atomic E-state index is 11.5. The topological polar surface area (TPSA) is 54.4 Å². The number of hydrogen-bond acceptors (Lipinski definition) is 3. The number of carbonyl (C=O) groups is 1. The summed E-state index contributed by atoms with van der Waals surface area (Å²) >= 11 is 0. The lowest BCUT2D eigenvalue weighted by Gasteiger charge is -2.03. The van der Waals surface area contributed by atoms with Gasteiger partial charge in [0.2, 0.25) is 5.91 Å². The highest BCUT2D eigenvalue weighted by atomic mass is 16.2. The standard InChI is InChI=1S/C11H13N3O/c1-3-9-11(15)14-10(13-9)8-6-12-5-4-7(8)2/h4-6,9H,3H2,1-2H3,(H,13,14,15). The van der Waals surface area contributed by atoms with Crippen LogP contribution in [-0.2, 0) is 4.79 Å². The summed E-state index contributed by atoms with van der Waals surface area (Å²) in [7, 11) is 0. The molecular formula is C11H13N3O. The third kappa shape index (κ3) is 1.75. The van der Waals surface area contributed by atoms with Crippen LogP contribution in [0.2, 0.25) is 0 Å². The van der Waals surface area contributed by atoms with Crippen molar-refractivity contribution in [2.45, 2.75) is 26.3 Å². The molecular weight excluding hydrogens is 190 g/mol. The molecule has 2 rings (SSSR count). The summed E-state index contributed by atoms with van der Waals surface area (Å²) in [6, 6.07) is 1.67. The number of aryl methyl sites for hydroxylation is 1. The predicted molar refractivity (Wildman–Crippen MR) is 57.7 cm³/mol. The number of aromatic nitrogens is 1. The normalized spacial score (nSPS) is 20.0. The Balaban J connectivity index is 2.34. The van der Waals surface area contributed by atoms with Gasteiger partial charge in [-0.25, -0.2) is 0 Å². The van der Waals surface area contributed by atoms with Crippen LogP contribution in [-0.4, -0.2) is 22.8 Å². The van der Waals surface area contributed by atoms with Crippen LogP contribution in [0.5, 0.6) is 0 Å². The van der Waals surface area contributed by atoms with E-state index in [0.717, 1.165) is 17.5 Å². The van der Waals surface area contributed by atoms with Gasteiger partial charge in [0.1, 0.15) is 11.9 Å². The lowest BCUT2D eigenvalue weighted by Crippen LogP contribution is -2.29. The van der Waals surface area contributed by atoms with E-state index in [1.165, 1.54) is 0 Å². The summed E-state index contributed by atoms with van der Waals surface area (Å²) < 4.78 is 0. The van der Waals surface area contributed by atoms with E-state index in [4.69, 9.17) is 0 Å². The Bertz CT molecular complexity index is 426. The fourth-order valence-corrected chi connectivity index (χ4v) is 1.57. The number of pyridine rings is 1. The van der Waals surface area contributed by atoms with Gasteiger partial charge in [0.15, 0.2) is 0 Å². The van der Waals surface area contributed by atoms with Crippen molar-refractivity contribution < 1.29 is 4.79 Å². The maximum Gasteiger partial charge on any atom is 0.250 e. The molecule has 0 spiro atoms. The molecule has 0 aliphatic carbocycles. The van der Waals surface area contributed by atoms with Crippen molar-refractivity contribution in [1.82, 2.24) is 10.3 Å². The number of nitrogens with one attached hydrogen (secondary N) is 1. The summed E-state index contributed by atoms with van der Waals surface area (Å²) in [4.78, 5) is 19.8. The van der Waals surface area contributed by atoms with Crippen molar-refractivity contribution in [2.75, 3.05) is 0 Å². The molecule has 1 amide bonds. The van der Waals surface area contributed by atoms with Gasteiger partial charge in [-0.1, -0.05) is 6.92 Å². The van der Waals surface area contributed by atoms with Crippen molar-refractivity contribution in [3.05, 3.63) is 29.6 Å². The number of rotatable bonds is 2. The maximum atomic E-state index is 11.5. The summed E-state index contributed by atoms with van der Waals surface area (Å²) in [5.41, 5.74) is 1.97. The van der Waals surface area contributed by atoms with Gasteiger partial charge in [0, 0.05) is 18.0 Å². The highest BCUT2D eigenvalue weighted by Gasteiger charge is 2.25. The average molecular weight is 203 g/mol. The summed E-state index contributed by atoms with van der Waals surface area (Å²) in [5, 5.41) is 2.78. The fraction of sp³-hybridized carbons (Fsp3) is 0.364. The predicted octanol–water partition coefficient (Wildman–Crippen LogP) is 1.05.